The van der Waals surface area contributed by atoms with E-state index in [0.29, 0.717) is 0 Å². The second-order valence-electron chi connectivity index (χ2n) is 5.13. The molecule has 1 heterocycles. The maximum absolute atomic E-state index is 3.45. The zero-order valence-electron chi connectivity index (χ0n) is 11.1. The average Bonchev–Trinajstić information content (AvgIpc) is 2.56. The lowest BCUT2D eigenvalue weighted by molar-refractivity contribution is 0.296. The number of aryl methyl sites for hydroxylation is 2. The van der Waals surface area contributed by atoms with Gasteiger partial charge in [0.2, 0.25) is 0 Å². The summed E-state index contributed by atoms with van der Waals surface area (Å²) in [6.45, 7) is 10.4. The van der Waals surface area contributed by atoms with E-state index in [2.05, 4.69) is 42.3 Å². The lowest BCUT2D eigenvalue weighted by atomic mass is 10.0. The molecule has 2 rings (SSSR count). The molecule has 17 heavy (non-hydrogen) atoms. The van der Waals surface area contributed by atoms with Crippen LogP contribution in [0.3, 0.4) is 0 Å². The second kappa shape index (κ2) is 6.18. The number of hydrogen-bond donors (Lipinski definition) is 1. The highest BCUT2D eigenvalue weighted by Gasteiger charge is 2.08. The minimum absolute atomic E-state index is 1.15. The molecule has 0 atom stereocenters. The van der Waals surface area contributed by atoms with Crippen LogP contribution in [0.2, 0.25) is 0 Å². The second-order valence-corrected chi connectivity index (χ2v) is 5.13. The van der Waals surface area contributed by atoms with Crippen LogP contribution in [0.4, 0.5) is 0 Å². The van der Waals surface area contributed by atoms with Gasteiger partial charge >= 0.3 is 0 Å². The highest BCUT2D eigenvalue weighted by Crippen LogP contribution is 2.12. The molecule has 0 amide bonds. The summed E-state index contributed by atoms with van der Waals surface area (Å²) in [6.07, 6.45) is 2.47. The first-order valence-electron chi connectivity index (χ1n) is 6.75. The maximum Gasteiger partial charge on any atom is 0.0107 e. The minimum Gasteiger partial charge on any atom is -0.315 e. The predicted molar refractivity (Wildman–Crippen MR) is 73.5 cm³/mol. The molecular weight excluding hydrogens is 208 g/mol. The fourth-order valence-corrected chi connectivity index (χ4v) is 2.53. The predicted octanol–water partition coefficient (Wildman–Crippen LogP) is 2.14. The Morgan fingerprint density at radius 1 is 1.18 bits per heavy atom. The van der Waals surface area contributed by atoms with Crippen molar-refractivity contribution in [3.05, 3.63) is 34.9 Å². The molecule has 1 aromatic rings. The first kappa shape index (κ1) is 12.6. The van der Waals surface area contributed by atoms with Gasteiger partial charge < -0.3 is 10.2 Å². The Balaban J connectivity index is 1.88. The molecule has 2 heteroatoms. The van der Waals surface area contributed by atoms with Gasteiger partial charge in [0.05, 0.1) is 0 Å². The maximum atomic E-state index is 3.45. The summed E-state index contributed by atoms with van der Waals surface area (Å²) in [6, 6.07) is 6.81. The molecule has 0 saturated carbocycles. The first-order chi connectivity index (χ1) is 8.25. The highest BCUT2D eigenvalue weighted by atomic mass is 15.1. The smallest absolute Gasteiger partial charge is 0.0107 e. The van der Waals surface area contributed by atoms with E-state index in [1.54, 1.807) is 0 Å². The summed E-state index contributed by atoms with van der Waals surface area (Å²) in [5.41, 5.74) is 4.32. The molecule has 1 saturated heterocycles. The van der Waals surface area contributed by atoms with Gasteiger partial charge in [0.1, 0.15) is 0 Å². The Hall–Kier alpha value is -0.860. The van der Waals surface area contributed by atoms with Gasteiger partial charge in [0.15, 0.2) is 0 Å². The van der Waals surface area contributed by atoms with Crippen molar-refractivity contribution < 1.29 is 0 Å². The Kier molecular flexibility index (Phi) is 4.57. The standard InChI is InChI=1S/C15H24N2/c1-13-4-5-15(14(2)12-13)6-10-17-9-3-7-16-8-11-17/h4-5,12,16H,3,6-11H2,1-2H3. The van der Waals surface area contributed by atoms with Crippen LogP contribution in [-0.2, 0) is 6.42 Å². The summed E-state index contributed by atoms with van der Waals surface area (Å²) < 4.78 is 0. The summed E-state index contributed by atoms with van der Waals surface area (Å²) in [4.78, 5) is 2.58. The van der Waals surface area contributed by atoms with Crippen molar-refractivity contribution in [2.75, 3.05) is 32.7 Å². The van der Waals surface area contributed by atoms with E-state index in [0.717, 1.165) is 6.54 Å². The summed E-state index contributed by atoms with van der Waals surface area (Å²) in [7, 11) is 0. The first-order valence-corrected chi connectivity index (χ1v) is 6.75. The van der Waals surface area contributed by atoms with Crippen molar-refractivity contribution in [1.29, 1.82) is 0 Å². The van der Waals surface area contributed by atoms with E-state index >= 15 is 0 Å². The molecular formula is C15H24N2. The normalized spacial score (nSPS) is 18.0. The lowest BCUT2D eigenvalue weighted by Crippen LogP contribution is -2.30. The molecule has 0 aromatic heterocycles. The number of nitrogens with one attached hydrogen (secondary N) is 1. The zero-order valence-corrected chi connectivity index (χ0v) is 11.1. The van der Waals surface area contributed by atoms with Crippen molar-refractivity contribution >= 4 is 0 Å². The molecule has 2 nitrogen and oxygen atoms in total. The molecule has 94 valence electrons. The minimum atomic E-state index is 1.15. The van der Waals surface area contributed by atoms with E-state index in [-0.39, 0.29) is 0 Å². The molecule has 0 radical (unpaired) electrons. The molecule has 0 spiro atoms. The van der Waals surface area contributed by atoms with Crippen LogP contribution < -0.4 is 5.32 Å². The van der Waals surface area contributed by atoms with Crippen molar-refractivity contribution in [3.8, 4) is 0 Å². The van der Waals surface area contributed by atoms with E-state index in [1.807, 2.05) is 0 Å². The van der Waals surface area contributed by atoms with Crippen LogP contribution in [0.1, 0.15) is 23.1 Å². The van der Waals surface area contributed by atoms with Crippen LogP contribution in [0.5, 0.6) is 0 Å². The van der Waals surface area contributed by atoms with Crippen LogP contribution in [-0.4, -0.2) is 37.6 Å². The van der Waals surface area contributed by atoms with Gasteiger partial charge in [-0.15, -0.1) is 0 Å². The van der Waals surface area contributed by atoms with Gasteiger partial charge in [0.25, 0.3) is 0 Å². The largest absolute Gasteiger partial charge is 0.315 e. The molecule has 0 aliphatic carbocycles. The molecule has 1 aromatic carbocycles. The average molecular weight is 232 g/mol. The quantitative estimate of drug-likeness (QED) is 0.859. The Bertz CT molecular complexity index is 352. The third-order valence-corrected chi connectivity index (χ3v) is 3.63. The zero-order chi connectivity index (χ0) is 12.1. The molecule has 0 bridgehead atoms. The van der Waals surface area contributed by atoms with Crippen LogP contribution in [0, 0.1) is 13.8 Å². The number of hydrogen-bond acceptors (Lipinski definition) is 2. The van der Waals surface area contributed by atoms with E-state index in [9.17, 15) is 0 Å². The highest BCUT2D eigenvalue weighted by molar-refractivity contribution is 5.30. The van der Waals surface area contributed by atoms with E-state index in [1.165, 1.54) is 55.7 Å². The molecule has 1 N–H and O–H groups in total. The molecule has 0 unspecified atom stereocenters. The fraction of sp³-hybridized carbons (Fsp3) is 0.600. The van der Waals surface area contributed by atoms with E-state index < -0.39 is 0 Å². The third-order valence-electron chi connectivity index (χ3n) is 3.63. The molecule has 1 fully saturated rings. The molecule has 1 aliphatic heterocycles. The van der Waals surface area contributed by atoms with Gasteiger partial charge in [-0.2, -0.15) is 0 Å². The van der Waals surface area contributed by atoms with Crippen molar-refractivity contribution in [3.63, 3.8) is 0 Å². The van der Waals surface area contributed by atoms with Crippen LogP contribution in [0.25, 0.3) is 0 Å². The van der Waals surface area contributed by atoms with Crippen molar-refractivity contribution in [2.24, 2.45) is 0 Å². The summed E-state index contributed by atoms with van der Waals surface area (Å²) in [5, 5.41) is 3.45. The molecule has 1 aliphatic rings. The number of benzene rings is 1. The van der Waals surface area contributed by atoms with Gasteiger partial charge in [-0.3, -0.25) is 0 Å². The lowest BCUT2D eigenvalue weighted by Gasteiger charge is -2.19. The Morgan fingerprint density at radius 3 is 2.88 bits per heavy atom. The number of nitrogens with zero attached hydrogens (tertiary/aromatic N) is 1. The monoisotopic (exact) mass is 232 g/mol. The van der Waals surface area contributed by atoms with Crippen LogP contribution >= 0.6 is 0 Å². The number of rotatable bonds is 3. The Labute approximate surface area is 105 Å². The third kappa shape index (κ3) is 3.83. The summed E-state index contributed by atoms with van der Waals surface area (Å²) in [5.74, 6) is 0. The Morgan fingerprint density at radius 2 is 2.06 bits per heavy atom. The topological polar surface area (TPSA) is 15.3 Å². The van der Waals surface area contributed by atoms with Crippen molar-refractivity contribution in [2.45, 2.75) is 26.7 Å². The van der Waals surface area contributed by atoms with Gasteiger partial charge in [0, 0.05) is 19.6 Å². The van der Waals surface area contributed by atoms with E-state index in [4.69, 9.17) is 0 Å². The van der Waals surface area contributed by atoms with Crippen molar-refractivity contribution in [1.82, 2.24) is 10.2 Å². The fourth-order valence-electron chi connectivity index (χ4n) is 2.53. The summed E-state index contributed by atoms with van der Waals surface area (Å²) >= 11 is 0. The SMILES string of the molecule is Cc1ccc(CCN2CCCNCC2)c(C)c1. The van der Waals surface area contributed by atoms with Crippen LogP contribution in [0.15, 0.2) is 18.2 Å². The van der Waals surface area contributed by atoms with Gasteiger partial charge in [-0.1, -0.05) is 23.8 Å². The van der Waals surface area contributed by atoms with Gasteiger partial charge in [-0.05, 0) is 50.9 Å². The van der Waals surface area contributed by atoms with Gasteiger partial charge in [-0.25, -0.2) is 0 Å².